The van der Waals surface area contributed by atoms with Crippen molar-refractivity contribution in [1.29, 1.82) is 0 Å². The van der Waals surface area contributed by atoms with Gasteiger partial charge in [-0.1, -0.05) is 11.6 Å². The molecule has 3 aromatic rings. The summed E-state index contributed by atoms with van der Waals surface area (Å²) < 4.78 is 33.9. The van der Waals surface area contributed by atoms with Gasteiger partial charge in [-0.2, -0.15) is 18.3 Å². The Morgan fingerprint density at radius 3 is 2.72 bits per heavy atom. The van der Waals surface area contributed by atoms with Gasteiger partial charge in [0, 0.05) is 47.5 Å². The minimum Gasteiger partial charge on any atom is -0.475 e. The van der Waals surface area contributed by atoms with Gasteiger partial charge in [-0.15, -0.1) is 0 Å². The van der Waals surface area contributed by atoms with E-state index in [-0.39, 0.29) is 5.41 Å². The molecule has 11 heteroatoms. The number of hydrogen-bond acceptors (Lipinski definition) is 4. The van der Waals surface area contributed by atoms with Crippen molar-refractivity contribution in [3.63, 3.8) is 0 Å². The number of halogens is 4. The Morgan fingerprint density at radius 1 is 1.31 bits per heavy atom. The van der Waals surface area contributed by atoms with Gasteiger partial charge in [0.25, 0.3) is 0 Å². The van der Waals surface area contributed by atoms with Crippen LogP contribution in [0.15, 0.2) is 24.5 Å². The second kappa shape index (κ2) is 7.03. The Hall–Kier alpha value is -2.59. The highest BCUT2D eigenvalue weighted by molar-refractivity contribution is 6.35. The van der Waals surface area contributed by atoms with Crippen molar-refractivity contribution in [2.45, 2.75) is 31.0 Å². The van der Waals surface area contributed by atoms with Crippen molar-refractivity contribution in [1.82, 2.24) is 25.1 Å². The predicted octanol–water partition coefficient (Wildman–Crippen LogP) is 3.35. The van der Waals surface area contributed by atoms with E-state index in [1.807, 2.05) is 6.20 Å². The van der Waals surface area contributed by atoms with E-state index in [9.17, 15) is 13.2 Å². The second-order valence-corrected chi connectivity index (χ2v) is 7.56. The number of alkyl halides is 3. The fourth-order valence-electron chi connectivity index (χ4n) is 3.89. The van der Waals surface area contributed by atoms with Crippen LogP contribution in [-0.2, 0) is 16.8 Å². The van der Waals surface area contributed by atoms with Gasteiger partial charge in [-0.3, -0.25) is 4.68 Å². The fourth-order valence-corrected chi connectivity index (χ4v) is 4.09. The lowest BCUT2D eigenvalue weighted by atomic mass is 9.82. The number of rotatable bonds is 1. The molecule has 3 N–H and O–H groups in total. The highest BCUT2D eigenvalue weighted by Crippen LogP contribution is 2.41. The number of fused-ring (bicyclic) bond motifs is 3. The Kier molecular flexibility index (Phi) is 4.78. The van der Waals surface area contributed by atoms with E-state index in [0.717, 1.165) is 41.9 Å². The van der Waals surface area contributed by atoms with E-state index in [1.165, 1.54) is 18.5 Å². The number of carboxylic acids is 1. The molecule has 1 saturated heterocycles. The number of hydrogen-bond donors (Lipinski definition) is 3. The van der Waals surface area contributed by atoms with Crippen LogP contribution >= 0.6 is 11.6 Å². The van der Waals surface area contributed by atoms with Crippen LogP contribution in [0.1, 0.15) is 18.5 Å². The molecule has 0 radical (unpaired) electrons. The quantitative estimate of drug-likeness (QED) is 0.553. The molecule has 29 heavy (non-hydrogen) atoms. The summed E-state index contributed by atoms with van der Waals surface area (Å²) in [4.78, 5) is 16.4. The minimum atomic E-state index is -5.08. The molecule has 7 nitrogen and oxygen atoms in total. The van der Waals surface area contributed by atoms with Crippen molar-refractivity contribution in [2.75, 3.05) is 13.1 Å². The summed E-state index contributed by atoms with van der Waals surface area (Å²) in [5.74, 6) is -2.76. The van der Waals surface area contributed by atoms with Gasteiger partial charge in [0.2, 0.25) is 0 Å². The van der Waals surface area contributed by atoms with Gasteiger partial charge in [-0.05, 0) is 31.5 Å². The number of nitrogens with zero attached hydrogens (tertiary/aromatic N) is 3. The van der Waals surface area contributed by atoms with E-state index in [0.29, 0.717) is 5.02 Å². The third kappa shape index (κ3) is 3.58. The van der Waals surface area contributed by atoms with E-state index in [1.54, 1.807) is 6.20 Å². The zero-order valence-corrected chi connectivity index (χ0v) is 15.8. The number of nitrogens with one attached hydrogen (secondary N) is 2. The Balaban J connectivity index is 0.000000255. The van der Waals surface area contributed by atoms with Crippen molar-refractivity contribution in [2.24, 2.45) is 0 Å². The van der Waals surface area contributed by atoms with Crippen molar-refractivity contribution in [3.8, 4) is 11.3 Å². The van der Waals surface area contributed by atoms with Gasteiger partial charge >= 0.3 is 12.1 Å². The number of H-pyrrole nitrogens is 1. The first kappa shape index (κ1) is 19.7. The standard InChI is InChI=1S/C16H16ClN5.C2HF3O2/c17-12-8-20-15-11(12)5-10(7-19-15)13-6-14-16(1-3-18-9-16)2-4-22(14)21-13;3-2(4,5)1(6)7/h5-8,18H,1-4,9H2,(H,19,20);(H,6,7). The number of carbonyl (C=O) groups is 1. The summed E-state index contributed by atoms with van der Waals surface area (Å²) in [5.41, 5.74) is 4.49. The van der Waals surface area contributed by atoms with E-state index < -0.39 is 12.1 Å². The van der Waals surface area contributed by atoms with E-state index >= 15 is 0 Å². The maximum absolute atomic E-state index is 10.6. The molecule has 5 rings (SSSR count). The number of aliphatic carboxylic acids is 1. The van der Waals surface area contributed by atoms with Crippen LogP contribution < -0.4 is 5.32 Å². The summed E-state index contributed by atoms with van der Waals surface area (Å²) in [7, 11) is 0. The van der Waals surface area contributed by atoms with Crippen LogP contribution in [0.25, 0.3) is 22.3 Å². The molecule has 1 unspecified atom stereocenters. The molecule has 3 aromatic heterocycles. The third-order valence-corrected chi connectivity index (χ3v) is 5.70. The first-order valence-corrected chi connectivity index (χ1v) is 9.30. The normalized spacial score (nSPS) is 20.7. The Labute approximate surface area is 167 Å². The molecule has 154 valence electrons. The molecular weight excluding hydrogens is 411 g/mol. The van der Waals surface area contributed by atoms with E-state index in [4.69, 9.17) is 26.6 Å². The maximum Gasteiger partial charge on any atom is 0.490 e. The lowest BCUT2D eigenvalue weighted by Gasteiger charge is -2.20. The molecule has 1 fully saturated rings. The first-order valence-electron chi connectivity index (χ1n) is 8.92. The minimum absolute atomic E-state index is 0.286. The highest BCUT2D eigenvalue weighted by atomic mass is 35.5. The van der Waals surface area contributed by atoms with Gasteiger partial charge in [0.15, 0.2) is 0 Å². The van der Waals surface area contributed by atoms with Gasteiger partial charge in [0.05, 0.1) is 10.7 Å². The summed E-state index contributed by atoms with van der Waals surface area (Å²) in [6, 6.07) is 4.31. The number of aromatic amines is 1. The van der Waals surface area contributed by atoms with Gasteiger partial charge in [-0.25, -0.2) is 9.78 Å². The van der Waals surface area contributed by atoms with Gasteiger partial charge in [0.1, 0.15) is 5.65 Å². The smallest absolute Gasteiger partial charge is 0.475 e. The molecule has 0 bridgehead atoms. The monoisotopic (exact) mass is 427 g/mol. The lowest BCUT2D eigenvalue weighted by molar-refractivity contribution is -0.192. The number of pyridine rings is 1. The summed E-state index contributed by atoms with van der Waals surface area (Å²) in [6.07, 6.45) is 0.963. The van der Waals surface area contributed by atoms with E-state index in [2.05, 4.69) is 32.1 Å². The molecule has 1 spiro atoms. The molecule has 0 aliphatic carbocycles. The molecule has 0 aromatic carbocycles. The lowest BCUT2D eigenvalue weighted by Crippen LogP contribution is -2.25. The maximum atomic E-state index is 10.6. The van der Waals surface area contributed by atoms with Crippen molar-refractivity contribution >= 4 is 28.6 Å². The van der Waals surface area contributed by atoms with Crippen LogP contribution in [0.3, 0.4) is 0 Å². The van der Waals surface area contributed by atoms with Crippen molar-refractivity contribution < 1.29 is 23.1 Å². The molecule has 0 amide bonds. The van der Waals surface area contributed by atoms with Crippen LogP contribution in [0.4, 0.5) is 13.2 Å². The molecule has 1 atom stereocenters. The fraction of sp³-hybridized carbons (Fsp3) is 0.389. The van der Waals surface area contributed by atoms with Crippen LogP contribution in [0.5, 0.6) is 0 Å². The summed E-state index contributed by atoms with van der Waals surface area (Å²) >= 11 is 6.20. The third-order valence-electron chi connectivity index (χ3n) is 5.39. The first-order chi connectivity index (χ1) is 13.7. The highest BCUT2D eigenvalue weighted by Gasteiger charge is 2.42. The number of aryl methyl sites for hydroxylation is 1. The Bertz CT molecular complexity index is 1070. The number of carboxylic acid groups (broad SMARTS) is 1. The zero-order chi connectivity index (χ0) is 20.8. The summed E-state index contributed by atoms with van der Waals surface area (Å²) in [6.45, 7) is 3.18. The topological polar surface area (TPSA) is 95.8 Å². The molecule has 2 aliphatic rings. The van der Waals surface area contributed by atoms with Crippen LogP contribution in [0, 0.1) is 0 Å². The molecular formula is C18H17ClF3N5O2. The van der Waals surface area contributed by atoms with Gasteiger partial charge < -0.3 is 15.4 Å². The SMILES string of the molecule is Clc1c[nH]c2ncc(-c3cc4n(n3)CCC43CCNC3)cc12.O=C(O)C(F)(F)F. The summed E-state index contributed by atoms with van der Waals surface area (Å²) in [5, 5.41) is 17.1. The Morgan fingerprint density at radius 2 is 2.07 bits per heavy atom. The average Bonchev–Trinajstić information content (AvgIpc) is 3.43. The molecule has 0 saturated carbocycles. The zero-order valence-electron chi connectivity index (χ0n) is 15.1. The average molecular weight is 428 g/mol. The predicted molar refractivity (Wildman–Crippen MR) is 99.8 cm³/mol. The molecule has 2 aliphatic heterocycles. The molecule has 5 heterocycles. The van der Waals surface area contributed by atoms with Crippen LogP contribution in [-0.4, -0.2) is 50.1 Å². The van der Waals surface area contributed by atoms with Crippen LogP contribution in [0.2, 0.25) is 5.02 Å². The second-order valence-electron chi connectivity index (χ2n) is 7.15. The number of aromatic nitrogens is 4. The van der Waals surface area contributed by atoms with Crippen molar-refractivity contribution in [3.05, 3.63) is 35.2 Å². The largest absolute Gasteiger partial charge is 0.490 e.